The molecule has 0 saturated carbocycles. The van der Waals surface area contributed by atoms with Crippen molar-refractivity contribution in [2.24, 2.45) is 11.3 Å². The molecule has 0 amide bonds. The second kappa shape index (κ2) is 4.99. The zero-order valence-electron chi connectivity index (χ0n) is 11.3. The molecule has 0 aromatic carbocycles. The largest absolute Gasteiger partial charge is 0.294 e. The molecule has 0 spiro atoms. The number of allylic oxidation sites excluding steroid dienone is 4. The highest BCUT2D eigenvalue weighted by Crippen LogP contribution is 2.45. The average Bonchev–Trinajstić information content (AvgIpc) is 2.27. The fourth-order valence-electron chi connectivity index (χ4n) is 2.72. The maximum Gasteiger partial charge on any atom is 0.165 e. The summed E-state index contributed by atoms with van der Waals surface area (Å²) < 4.78 is 0. The first-order valence-electron chi connectivity index (χ1n) is 6.30. The van der Waals surface area contributed by atoms with Gasteiger partial charge in [-0.15, -0.1) is 0 Å². The van der Waals surface area contributed by atoms with Gasteiger partial charge in [0.15, 0.2) is 5.78 Å². The Hall–Kier alpha value is -0.850. The molecular weight excluding hydrogens is 196 g/mol. The van der Waals surface area contributed by atoms with Crippen LogP contribution in [0.5, 0.6) is 0 Å². The molecule has 1 nitrogen and oxygen atoms in total. The van der Waals surface area contributed by atoms with Gasteiger partial charge in [-0.25, -0.2) is 0 Å². The second-order valence-electron chi connectivity index (χ2n) is 5.26. The minimum Gasteiger partial charge on any atom is -0.294 e. The molecule has 0 aliphatic heterocycles. The van der Waals surface area contributed by atoms with Crippen molar-refractivity contribution < 1.29 is 4.79 Å². The Bertz CT molecular complexity index is 335. The highest BCUT2D eigenvalue weighted by Gasteiger charge is 2.40. The molecule has 0 heterocycles. The minimum atomic E-state index is 0.0995. The van der Waals surface area contributed by atoms with E-state index in [1.54, 1.807) is 0 Å². The van der Waals surface area contributed by atoms with E-state index in [0.717, 1.165) is 24.8 Å². The smallest absolute Gasteiger partial charge is 0.165 e. The maximum absolute atomic E-state index is 12.4. The molecule has 1 aliphatic rings. The van der Waals surface area contributed by atoms with Gasteiger partial charge < -0.3 is 0 Å². The van der Waals surface area contributed by atoms with Gasteiger partial charge in [0.1, 0.15) is 0 Å². The lowest BCUT2D eigenvalue weighted by Gasteiger charge is -2.40. The van der Waals surface area contributed by atoms with Gasteiger partial charge in [-0.1, -0.05) is 31.6 Å². The summed E-state index contributed by atoms with van der Waals surface area (Å²) in [7, 11) is 0. The highest BCUT2D eigenvalue weighted by molar-refractivity contribution is 5.98. The Labute approximate surface area is 99.6 Å². The van der Waals surface area contributed by atoms with Crippen molar-refractivity contribution >= 4 is 5.78 Å². The van der Waals surface area contributed by atoms with Crippen LogP contribution in [-0.2, 0) is 4.79 Å². The van der Waals surface area contributed by atoms with Crippen LogP contribution in [0.2, 0.25) is 0 Å². The van der Waals surface area contributed by atoms with Gasteiger partial charge in [-0.2, -0.15) is 0 Å². The van der Waals surface area contributed by atoms with E-state index in [9.17, 15) is 4.79 Å². The van der Waals surface area contributed by atoms with Crippen LogP contribution in [0, 0.1) is 11.3 Å². The Morgan fingerprint density at radius 1 is 1.62 bits per heavy atom. The molecule has 0 unspecified atom stereocenters. The monoisotopic (exact) mass is 220 g/mol. The fraction of sp³-hybridized carbons (Fsp3) is 0.667. The van der Waals surface area contributed by atoms with Crippen molar-refractivity contribution in [1.82, 2.24) is 0 Å². The molecule has 2 atom stereocenters. The molecular formula is C15H24O. The SMILES string of the molecule is C/C=C(\C)C(=O)[C@@H]1C(C)=CCC[C@@]1(C)CC. The van der Waals surface area contributed by atoms with E-state index < -0.39 is 0 Å². The first kappa shape index (κ1) is 13.2. The third-order valence-corrected chi connectivity index (χ3v) is 4.23. The molecule has 16 heavy (non-hydrogen) atoms. The number of carbonyl (C=O) groups is 1. The van der Waals surface area contributed by atoms with Crippen molar-refractivity contribution in [3.8, 4) is 0 Å². The predicted molar refractivity (Wildman–Crippen MR) is 69.3 cm³/mol. The summed E-state index contributed by atoms with van der Waals surface area (Å²) in [5.74, 6) is 0.419. The van der Waals surface area contributed by atoms with E-state index in [0.29, 0.717) is 5.78 Å². The van der Waals surface area contributed by atoms with Crippen molar-refractivity contribution in [2.45, 2.75) is 53.9 Å². The Balaban J connectivity index is 3.10. The molecule has 90 valence electrons. The summed E-state index contributed by atoms with van der Waals surface area (Å²) in [4.78, 5) is 12.4. The molecule has 0 radical (unpaired) electrons. The summed E-state index contributed by atoms with van der Waals surface area (Å²) in [6, 6.07) is 0. The van der Waals surface area contributed by atoms with E-state index in [1.807, 2.05) is 19.9 Å². The molecule has 1 rings (SSSR count). The van der Waals surface area contributed by atoms with Gasteiger partial charge in [-0.3, -0.25) is 4.79 Å². The van der Waals surface area contributed by atoms with Gasteiger partial charge in [0.25, 0.3) is 0 Å². The molecule has 0 aromatic heterocycles. The van der Waals surface area contributed by atoms with Crippen molar-refractivity contribution in [3.63, 3.8) is 0 Å². The summed E-state index contributed by atoms with van der Waals surface area (Å²) in [6.07, 6.45) is 7.50. The van der Waals surface area contributed by atoms with E-state index >= 15 is 0 Å². The summed E-state index contributed by atoms with van der Waals surface area (Å²) in [5, 5.41) is 0. The number of hydrogen-bond acceptors (Lipinski definition) is 1. The van der Waals surface area contributed by atoms with Crippen molar-refractivity contribution in [1.29, 1.82) is 0 Å². The zero-order chi connectivity index (χ0) is 12.3. The van der Waals surface area contributed by atoms with Crippen molar-refractivity contribution in [2.75, 3.05) is 0 Å². The Kier molecular flexibility index (Phi) is 4.12. The van der Waals surface area contributed by atoms with Crippen LogP contribution in [-0.4, -0.2) is 5.78 Å². The van der Waals surface area contributed by atoms with Crippen LogP contribution >= 0.6 is 0 Å². The maximum atomic E-state index is 12.4. The Morgan fingerprint density at radius 3 is 2.75 bits per heavy atom. The number of rotatable bonds is 3. The van der Waals surface area contributed by atoms with Gasteiger partial charge in [-0.05, 0) is 51.0 Å². The quantitative estimate of drug-likeness (QED) is 0.512. The molecule has 0 saturated heterocycles. The number of hydrogen-bond donors (Lipinski definition) is 0. The first-order valence-corrected chi connectivity index (χ1v) is 6.30. The normalized spacial score (nSPS) is 31.2. The van der Waals surface area contributed by atoms with Gasteiger partial charge >= 0.3 is 0 Å². The van der Waals surface area contributed by atoms with Crippen LogP contribution in [0.25, 0.3) is 0 Å². The molecule has 0 N–H and O–H groups in total. The van der Waals surface area contributed by atoms with Crippen LogP contribution in [0.3, 0.4) is 0 Å². The van der Waals surface area contributed by atoms with E-state index in [1.165, 1.54) is 5.57 Å². The van der Waals surface area contributed by atoms with Gasteiger partial charge in [0.05, 0.1) is 0 Å². The Morgan fingerprint density at radius 2 is 2.25 bits per heavy atom. The van der Waals surface area contributed by atoms with E-state index in [4.69, 9.17) is 0 Å². The molecule has 1 aliphatic carbocycles. The molecule has 0 bridgehead atoms. The van der Waals surface area contributed by atoms with Crippen LogP contribution in [0.1, 0.15) is 53.9 Å². The number of carbonyl (C=O) groups excluding carboxylic acids is 1. The summed E-state index contributed by atoms with van der Waals surface area (Å²) in [6.45, 7) is 10.4. The number of Topliss-reactive ketones (excluding diaryl/α,β-unsaturated/α-hetero) is 1. The molecule has 1 heteroatoms. The average molecular weight is 220 g/mol. The summed E-state index contributed by atoms with van der Waals surface area (Å²) in [5.41, 5.74) is 2.32. The minimum absolute atomic E-state index is 0.0995. The zero-order valence-corrected chi connectivity index (χ0v) is 11.3. The predicted octanol–water partition coefficient (Wildman–Crippen LogP) is 4.29. The van der Waals surface area contributed by atoms with Crippen LogP contribution in [0.15, 0.2) is 23.3 Å². The lowest BCUT2D eigenvalue weighted by atomic mass is 9.63. The number of ketones is 1. The topological polar surface area (TPSA) is 17.1 Å². The lowest BCUT2D eigenvalue weighted by Crippen LogP contribution is -2.36. The third-order valence-electron chi connectivity index (χ3n) is 4.23. The highest BCUT2D eigenvalue weighted by atomic mass is 16.1. The van der Waals surface area contributed by atoms with Gasteiger partial charge in [0, 0.05) is 5.92 Å². The fourth-order valence-corrected chi connectivity index (χ4v) is 2.72. The van der Waals surface area contributed by atoms with E-state index in [2.05, 4.69) is 26.8 Å². The van der Waals surface area contributed by atoms with Crippen molar-refractivity contribution in [3.05, 3.63) is 23.3 Å². The van der Waals surface area contributed by atoms with Crippen LogP contribution < -0.4 is 0 Å². The lowest BCUT2D eigenvalue weighted by molar-refractivity contribution is -0.121. The van der Waals surface area contributed by atoms with E-state index in [-0.39, 0.29) is 11.3 Å². The second-order valence-corrected chi connectivity index (χ2v) is 5.26. The molecule has 0 fully saturated rings. The first-order chi connectivity index (χ1) is 7.46. The van der Waals surface area contributed by atoms with Gasteiger partial charge in [0.2, 0.25) is 0 Å². The third kappa shape index (κ3) is 2.28. The summed E-state index contributed by atoms with van der Waals surface area (Å²) >= 11 is 0. The molecule has 0 aromatic rings. The standard InChI is InChI=1S/C15H24O/c1-6-11(3)14(16)13-12(4)9-8-10-15(13,5)7-2/h6,9,13H,7-8,10H2,1-5H3/b11-6+/t13-,15+/m0/s1. The van der Waals surface area contributed by atoms with Crippen LogP contribution in [0.4, 0.5) is 0 Å².